The highest BCUT2D eigenvalue weighted by Gasteiger charge is 2.28. The average molecular weight is 454 g/mol. The number of ether oxygens (including phenoxy) is 2. The molecule has 5 rings (SSSR count). The number of aromatic nitrogens is 5. The molecule has 2 aromatic carbocycles. The maximum atomic E-state index is 6.05. The van der Waals surface area contributed by atoms with Gasteiger partial charge >= 0.3 is 0 Å². The topological polar surface area (TPSA) is 88.1 Å². The molecule has 1 aliphatic rings. The number of rotatable bonds is 4. The number of methoxy groups -OCH3 is 1. The van der Waals surface area contributed by atoms with Crippen LogP contribution in [0.4, 0.5) is 0 Å². The number of fused-ring (bicyclic) bond motifs is 1. The summed E-state index contributed by atoms with van der Waals surface area (Å²) in [5.41, 5.74) is 3.19. The Labute approximate surface area is 174 Å². The first-order valence-electron chi connectivity index (χ1n) is 9.00. The van der Waals surface area contributed by atoms with E-state index < -0.39 is 0 Å². The lowest BCUT2D eigenvalue weighted by atomic mass is 10.1. The van der Waals surface area contributed by atoms with Crippen LogP contribution in [0.2, 0.25) is 0 Å². The molecule has 1 aliphatic heterocycles. The summed E-state index contributed by atoms with van der Waals surface area (Å²) in [4.78, 5) is 4.49. The predicted octanol–water partition coefficient (Wildman–Crippen LogP) is 4.04. The molecular formula is C20H16BrN5O3. The van der Waals surface area contributed by atoms with Crippen molar-refractivity contribution in [2.24, 2.45) is 0 Å². The SMILES string of the molecule is COc1ccccc1-c1noc(-c2nnn3c2COC(c2ccc(Br)cc2)C3)n1. The van der Waals surface area contributed by atoms with E-state index in [9.17, 15) is 0 Å². The number of hydrogen-bond acceptors (Lipinski definition) is 7. The second-order valence-corrected chi connectivity index (χ2v) is 7.46. The van der Waals surface area contributed by atoms with E-state index in [0.29, 0.717) is 36.3 Å². The smallest absolute Gasteiger partial charge is 0.280 e. The number of benzene rings is 2. The predicted molar refractivity (Wildman–Crippen MR) is 107 cm³/mol. The fourth-order valence-corrected chi connectivity index (χ4v) is 3.58. The van der Waals surface area contributed by atoms with Gasteiger partial charge in [0.2, 0.25) is 5.82 Å². The van der Waals surface area contributed by atoms with Crippen LogP contribution < -0.4 is 4.74 Å². The van der Waals surface area contributed by atoms with Crippen molar-refractivity contribution in [3.05, 3.63) is 64.3 Å². The molecule has 0 saturated carbocycles. The summed E-state index contributed by atoms with van der Waals surface area (Å²) in [7, 11) is 1.61. The van der Waals surface area contributed by atoms with Gasteiger partial charge in [0.15, 0.2) is 5.69 Å². The van der Waals surface area contributed by atoms with Crippen LogP contribution in [0.15, 0.2) is 57.5 Å². The zero-order valence-corrected chi connectivity index (χ0v) is 17.0. The molecule has 2 aromatic heterocycles. The molecule has 0 saturated heterocycles. The summed E-state index contributed by atoms with van der Waals surface area (Å²) in [6.45, 7) is 0.924. The molecule has 0 N–H and O–H groups in total. The first-order chi connectivity index (χ1) is 14.2. The van der Waals surface area contributed by atoms with E-state index >= 15 is 0 Å². The first-order valence-corrected chi connectivity index (χ1v) is 9.79. The molecule has 1 atom stereocenters. The Hall–Kier alpha value is -3.04. The molecule has 0 aliphatic carbocycles. The Bertz CT molecular complexity index is 1160. The fraction of sp³-hybridized carbons (Fsp3) is 0.200. The zero-order chi connectivity index (χ0) is 19.8. The molecule has 8 nitrogen and oxygen atoms in total. The maximum absolute atomic E-state index is 6.05. The summed E-state index contributed by atoms with van der Waals surface area (Å²) in [5, 5.41) is 12.6. The summed E-state index contributed by atoms with van der Waals surface area (Å²) >= 11 is 3.45. The van der Waals surface area contributed by atoms with Gasteiger partial charge in [0, 0.05) is 4.47 Å². The molecule has 0 radical (unpaired) electrons. The molecule has 4 aromatic rings. The van der Waals surface area contributed by atoms with Gasteiger partial charge in [-0.2, -0.15) is 4.98 Å². The summed E-state index contributed by atoms with van der Waals surface area (Å²) < 4.78 is 19.8. The third-order valence-electron chi connectivity index (χ3n) is 4.82. The van der Waals surface area contributed by atoms with Crippen LogP contribution in [-0.4, -0.2) is 32.2 Å². The van der Waals surface area contributed by atoms with Crippen LogP contribution in [0, 0.1) is 0 Å². The molecule has 0 fully saturated rings. The van der Waals surface area contributed by atoms with Crippen LogP contribution >= 0.6 is 15.9 Å². The Morgan fingerprint density at radius 1 is 1.14 bits per heavy atom. The molecule has 9 heteroatoms. The van der Waals surface area contributed by atoms with Gasteiger partial charge < -0.3 is 14.0 Å². The van der Waals surface area contributed by atoms with Gasteiger partial charge in [0.1, 0.15) is 11.9 Å². The van der Waals surface area contributed by atoms with Crippen LogP contribution in [-0.2, 0) is 17.9 Å². The number of halogens is 1. The molecule has 0 spiro atoms. The molecular weight excluding hydrogens is 438 g/mol. The van der Waals surface area contributed by atoms with Crippen molar-refractivity contribution in [2.45, 2.75) is 19.3 Å². The van der Waals surface area contributed by atoms with Gasteiger partial charge in [-0.15, -0.1) is 5.10 Å². The van der Waals surface area contributed by atoms with Gasteiger partial charge in [-0.3, -0.25) is 0 Å². The van der Waals surface area contributed by atoms with Crippen molar-refractivity contribution in [1.82, 2.24) is 25.1 Å². The monoisotopic (exact) mass is 453 g/mol. The van der Waals surface area contributed by atoms with E-state index in [2.05, 4.69) is 36.4 Å². The molecule has 29 heavy (non-hydrogen) atoms. The lowest BCUT2D eigenvalue weighted by molar-refractivity contribution is -0.00117. The summed E-state index contributed by atoms with van der Waals surface area (Å²) in [5.74, 6) is 1.41. The van der Waals surface area contributed by atoms with E-state index in [-0.39, 0.29) is 6.10 Å². The normalized spacial score (nSPS) is 15.9. The van der Waals surface area contributed by atoms with E-state index in [0.717, 1.165) is 21.3 Å². The lowest BCUT2D eigenvalue weighted by Crippen LogP contribution is -2.22. The minimum atomic E-state index is -0.0861. The van der Waals surface area contributed by atoms with Crippen molar-refractivity contribution >= 4 is 15.9 Å². The van der Waals surface area contributed by atoms with Crippen LogP contribution in [0.3, 0.4) is 0 Å². The van der Waals surface area contributed by atoms with Crippen molar-refractivity contribution in [2.75, 3.05) is 7.11 Å². The molecule has 0 amide bonds. The standard InChI is InChI=1S/C20H16BrN5O3/c1-27-16-5-3-2-4-14(16)19-22-20(29-24-19)18-15-11-28-17(10-26(15)25-23-18)12-6-8-13(21)9-7-12/h2-9,17H,10-11H2,1H3. The van der Waals surface area contributed by atoms with E-state index in [1.54, 1.807) is 7.11 Å². The van der Waals surface area contributed by atoms with E-state index in [1.807, 2.05) is 53.2 Å². The Kier molecular flexibility index (Phi) is 4.61. The Morgan fingerprint density at radius 2 is 1.97 bits per heavy atom. The van der Waals surface area contributed by atoms with E-state index in [4.69, 9.17) is 14.0 Å². The Balaban J connectivity index is 1.42. The molecule has 1 unspecified atom stereocenters. The van der Waals surface area contributed by atoms with Crippen molar-refractivity contribution in [1.29, 1.82) is 0 Å². The maximum Gasteiger partial charge on any atom is 0.280 e. The van der Waals surface area contributed by atoms with Crippen LogP contribution in [0.1, 0.15) is 17.4 Å². The largest absolute Gasteiger partial charge is 0.496 e. The highest BCUT2D eigenvalue weighted by Crippen LogP contribution is 2.33. The molecule has 3 heterocycles. The highest BCUT2D eigenvalue weighted by atomic mass is 79.9. The number of para-hydroxylation sites is 1. The molecule has 0 bridgehead atoms. The molecule has 146 valence electrons. The van der Waals surface area contributed by atoms with Gasteiger partial charge in [-0.05, 0) is 29.8 Å². The number of nitrogens with zero attached hydrogens (tertiary/aromatic N) is 5. The van der Waals surface area contributed by atoms with Crippen LogP contribution in [0.25, 0.3) is 23.0 Å². The third kappa shape index (κ3) is 3.32. The summed E-state index contributed by atoms with van der Waals surface area (Å²) in [6, 6.07) is 15.6. The van der Waals surface area contributed by atoms with Gasteiger partial charge in [0.05, 0.1) is 31.5 Å². The number of hydrogen-bond donors (Lipinski definition) is 0. The average Bonchev–Trinajstić information content (AvgIpc) is 3.40. The third-order valence-corrected chi connectivity index (χ3v) is 5.34. The van der Waals surface area contributed by atoms with Gasteiger partial charge in [-0.1, -0.05) is 50.6 Å². The summed E-state index contributed by atoms with van der Waals surface area (Å²) in [6.07, 6.45) is -0.0861. The second kappa shape index (κ2) is 7.41. The van der Waals surface area contributed by atoms with Gasteiger partial charge in [-0.25, -0.2) is 4.68 Å². The lowest BCUT2D eigenvalue weighted by Gasteiger charge is -2.24. The van der Waals surface area contributed by atoms with Crippen molar-refractivity contribution in [3.8, 4) is 28.7 Å². The first kappa shape index (κ1) is 18.0. The Morgan fingerprint density at radius 3 is 2.79 bits per heavy atom. The fourth-order valence-electron chi connectivity index (χ4n) is 3.32. The van der Waals surface area contributed by atoms with Crippen molar-refractivity contribution in [3.63, 3.8) is 0 Å². The van der Waals surface area contributed by atoms with Crippen LogP contribution in [0.5, 0.6) is 5.75 Å². The highest BCUT2D eigenvalue weighted by molar-refractivity contribution is 9.10. The van der Waals surface area contributed by atoms with E-state index in [1.165, 1.54) is 0 Å². The van der Waals surface area contributed by atoms with Crippen molar-refractivity contribution < 1.29 is 14.0 Å². The quantitative estimate of drug-likeness (QED) is 0.460. The minimum Gasteiger partial charge on any atom is -0.496 e. The minimum absolute atomic E-state index is 0.0861. The van der Waals surface area contributed by atoms with Gasteiger partial charge in [0.25, 0.3) is 5.89 Å². The zero-order valence-electron chi connectivity index (χ0n) is 15.4. The second-order valence-electron chi connectivity index (χ2n) is 6.54.